The van der Waals surface area contributed by atoms with Crippen molar-refractivity contribution < 1.29 is 27.5 Å². The molecule has 0 bridgehead atoms. The first kappa shape index (κ1) is 22.3. The van der Waals surface area contributed by atoms with Crippen molar-refractivity contribution in [2.24, 2.45) is 0 Å². The number of carbonyl (C=O) groups is 2. The van der Waals surface area contributed by atoms with Gasteiger partial charge in [-0.3, -0.25) is 5.32 Å². The average molecular weight is 431 g/mol. The number of nitrogens with one attached hydrogen (secondary N) is 2. The highest BCUT2D eigenvalue weighted by molar-refractivity contribution is 6.31. The standard InChI is InChI=1S/C18H18ClF3N4O3/c1-26(16(27)24-10-12-4-2-3-5-14(12)19)8-9-29-17(28)25-15-7-6-13(11-23-15)18(20,21)22/h2-7,11H,8-10H2,1H3,(H,24,27)(H,23,25,28). The van der Waals surface area contributed by atoms with Crippen molar-refractivity contribution in [3.63, 3.8) is 0 Å². The number of amides is 3. The molecule has 11 heteroatoms. The van der Waals surface area contributed by atoms with Crippen molar-refractivity contribution in [3.05, 3.63) is 58.7 Å². The Morgan fingerprint density at radius 1 is 1.21 bits per heavy atom. The van der Waals surface area contributed by atoms with Gasteiger partial charge in [0.1, 0.15) is 12.4 Å². The largest absolute Gasteiger partial charge is 0.447 e. The molecule has 1 heterocycles. The van der Waals surface area contributed by atoms with Gasteiger partial charge in [-0.25, -0.2) is 14.6 Å². The zero-order valence-electron chi connectivity index (χ0n) is 15.3. The molecule has 2 rings (SSSR count). The number of anilines is 1. The fourth-order valence-corrected chi connectivity index (χ4v) is 2.30. The Bertz CT molecular complexity index is 847. The number of urea groups is 1. The molecule has 0 saturated carbocycles. The van der Waals surface area contributed by atoms with Crippen LogP contribution < -0.4 is 10.6 Å². The Hall–Kier alpha value is -3.01. The molecule has 3 amide bonds. The van der Waals surface area contributed by atoms with Crippen molar-refractivity contribution >= 4 is 29.5 Å². The lowest BCUT2D eigenvalue weighted by Gasteiger charge is -2.18. The summed E-state index contributed by atoms with van der Waals surface area (Å²) < 4.78 is 42.3. The molecule has 0 radical (unpaired) electrons. The summed E-state index contributed by atoms with van der Waals surface area (Å²) in [7, 11) is 1.51. The summed E-state index contributed by atoms with van der Waals surface area (Å²) in [6.45, 7) is 0.217. The van der Waals surface area contributed by atoms with Crippen LogP contribution >= 0.6 is 11.6 Å². The van der Waals surface area contributed by atoms with E-state index in [-0.39, 0.29) is 25.5 Å². The molecule has 1 aromatic heterocycles. The molecule has 0 aliphatic rings. The second-order valence-corrected chi connectivity index (χ2v) is 6.27. The Morgan fingerprint density at radius 2 is 1.93 bits per heavy atom. The fraction of sp³-hybridized carbons (Fsp3) is 0.278. The van der Waals surface area contributed by atoms with Gasteiger partial charge in [-0.15, -0.1) is 0 Å². The average Bonchev–Trinajstić information content (AvgIpc) is 2.66. The van der Waals surface area contributed by atoms with E-state index >= 15 is 0 Å². The summed E-state index contributed by atoms with van der Waals surface area (Å²) in [6.07, 6.45) is -4.81. The highest BCUT2D eigenvalue weighted by Gasteiger charge is 2.30. The zero-order chi connectivity index (χ0) is 21.4. The second-order valence-electron chi connectivity index (χ2n) is 5.86. The maximum absolute atomic E-state index is 12.5. The minimum absolute atomic E-state index is 0.0890. The molecule has 0 fully saturated rings. The molecule has 2 aromatic rings. The van der Waals surface area contributed by atoms with Crippen LogP contribution in [0.1, 0.15) is 11.1 Å². The van der Waals surface area contributed by atoms with Gasteiger partial charge in [0.25, 0.3) is 0 Å². The Kier molecular flexibility index (Phi) is 7.66. The highest BCUT2D eigenvalue weighted by Crippen LogP contribution is 2.28. The van der Waals surface area contributed by atoms with Gasteiger partial charge < -0.3 is 15.0 Å². The van der Waals surface area contributed by atoms with Crippen LogP contribution in [0, 0.1) is 0 Å². The van der Waals surface area contributed by atoms with Crippen molar-refractivity contribution in [1.82, 2.24) is 15.2 Å². The molecule has 7 nitrogen and oxygen atoms in total. The van der Waals surface area contributed by atoms with Crippen LogP contribution in [0.4, 0.5) is 28.6 Å². The first-order valence-electron chi connectivity index (χ1n) is 8.36. The third-order valence-electron chi connectivity index (χ3n) is 3.72. The van der Waals surface area contributed by atoms with Crippen LogP contribution in [0.2, 0.25) is 5.02 Å². The molecular weight excluding hydrogens is 413 g/mol. The Morgan fingerprint density at radius 3 is 2.55 bits per heavy atom. The van der Waals surface area contributed by atoms with E-state index in [0.29, 0.717) is 11.2 Å². The number of pyridine rings is 1. The number of ether oxygens (including phenoxy) is 1. The molecule has 0 aliphatic heterocycles. The first-order valence-corrected chi connectivity index (χ1v) is 8.74. The van der Waals surface area contributed by atoms with E-state index < -0.39 is 23.9 Å². The smallest absolute Gasteiger partial charge is 0.417 e. The maximum atomic E-state index is 12.5. The van der Waals surface area contributed by atoms with Crippen molar-refractivity contribution in [3.8, 4) is 0 Å². The van der Waals surface area contributed by atoms with Crippen LogP contribution in [0.15, 0.2) is 42.6 Å². The summed E-state index contributed by atoms with van der Waals surface area (Å²) in [6, 6.07) is 8.49. The summed E-state index contributed by atoms with van der Waals surface area (Å²) >= 11 is 6.01. The lowest BCUT2D eigenvalue weighted by molar-refractivity contribution is -0.137. The predicted molar refractivity (Wildman–Crippen MR) is 101 cm³/mol. The molecule has 1 aromatic carbocycles. The van der Waals surface area contributed by atoms with E-state index in [1.165, 1.54) is 11.9 Å². The van der Waals surface area contributed by atoms with E-state index in [9.17, 15) is 22.8 Å². The van der Waals surface area contributed by atoms with Gasteiger partial charge in [-0.2, -0.15) is 13.2 Å². The molecule has 0 spiro atoms. The number of benzene rings is 1. The van der Waals surface area contributed by atoms with Crippen LogP contribution in [0.25, 0.3) is 0 Å². The number of likely N-dealkylation sites (N-methyl/N-ethyl adjacent to an activating group) is 1. The minimum Gasteiger partial charge on any atom is -0.447 e. The molecule has 156 valence electrons. The first-order chi connectivity index (χ1) is 13.7. The SMILES string of the molecule is CN(CCOC(=O)Nc1ccc(C(F)(F)F)cn1)C(=O)NCc1ccccc1Cl. The molecule has 0 aliphatic carbocycles. The second kappa shape index (κ2) is 9.97. The van der Waals surface area contributed by atoms with E-state index in [1.807, 2.05) is 0 Å². The molecule has 29 heavy (non-hydrogen) atoms. The number of rotatable bonds is 6. The number of hydrogen-bond acceptors (Lipinski definition) is 4. The third kappa shape index (κ3) is 7.15. The topological polar surface area (TPSA) is 83.6 Å². The Balaban J connectivity index is 1.71. The zero-order valence-corrected chi connectivity index (χ0v) is 16.0. The normalized spacial score (nSPS) is 10.9. The predicted octanol–water partition coefficient (Wildman–Crippen LogP) is 4.14. The van der Waals surface area contributed by atoms with E-state index in [4.69, 9.17) is 16.3 Å². The maximum Gasteiger partial charge on any atom is 0.417 e. The molecule has 0 saturated heterocycles. The van der Waals surface area contributed by atoms with Crippen LogP contribution in [-0.4, -0.2) is 42.2 Å². The molecule has 0 unspecified atom stereocenters. The van der Waals surface area contributed by atoms with E-state index in [1.54, 1.807) is 24.3 Å². The minimum atomic E-state index is -4.51. The van der Waals surface area contributed by atoms with Gasteiger partial charge in [0, 0.05) is 24.8 Å². The van der Waals surface area contributed by atoms with E-state index in [2.05, 4.69) is 15.6 Å². The van der Waals surface area contributed by atoms with Crippen LogP contribution in [0.3, 0.4) is 0 Å². The van der Waals surface area contributed by atoms with Gasteiger partial charge in [0.05, 0.1) is 12.1 Å². The third-order valence-corrected chi connectivity index (χ3v) is 4.08. The highest BCUT2D eigenvalue weighted by atomic mass is 35.5. The lowest BCUT2D eigenvalue weighted by atomic mass is 10.2. The fourth-order valence-electron chi connectivity index (χ4n) is 2.10. The number of hydrogen-bond donors (Lipinski definition) is 2. The number of halogens is 4. The van der Waals surface area contributed by atoms with Crippen LogP contribution in [-0.2, 0) is 17.5 Å². The number of aromatic nitrogens is 1. The van der Waals surface area contributed by atoms with E-state index in [0.717, 1.165) is 17.7 Å². The van der Waals surface area contributed by atoms with Gasteiger partial charge in [-0.05, 0) is 23.8 Å². The summed E-state index contributed by atoms with van der Waals surface area (Å²) in [5.41, 5.74) is -0.170. The van der Waals surface area contributed by atoms with Crippen LogP contribution in [0.5, 0.6) is 0 Å². The molecule has 0 atom stereocenters. The summed E-state index contributed by atoms with van der Waals surface area (Å²) in [5.74, 6) is -0.0890. The molecule has 2 N–H and O–H groups in total. The van der Waals surface area contributed by atoms with Gasteiger partial charge in [0.2, 0.25) is 0 Å². The summed E-state index contributed by atoms with van der Waals surface area (Å²) in [4.78, 5) is 28.5. The lowest BCUT2D eigenvalue weighted by Crippen LogP contribution is -2.39. The monoisotopic (exact) mass is 430 g/mol. The Labute approximate surface area is 169 Å². The van der Waals surface area contributed by atoms with Crippen molar-refractivity contribution in [1.29, 1.82) is 0 Å². The van der Waals surface area contributed by atoms with Gasteiger partial charge >= 0.3 is 18.3 Å². The number of nitrogens with zero attached hydrogens (tertiary/aromatic N) is 2. The van der Waals surface area contributed by atoms with Gasteiger partial charge in [-0.1, -0.05) is 29.8 Å². The van der Waals surface area contributed by atoms with Gasteiger partial charge in [0.15, 0.2) is 0 Å². The van der Waals surface area contributed by atoms with Crippen molar-refractivity contribution in [2.75, 3.05) is 25.5 Å². The molecular formula is C18H18ClF3N4O3. The number of carbonyl (C=O) groups excluding carboxylic acids is 2. The quantitative estimate of drug-likeness (QED) is 0.721. The summed E-state index contributed by atoms with van der Waals surface area (Å²) in [5, 5.41) is 5.42. The number of alkyl halides is 3. The van der Waals surface area contributed by atoms with Crippen molar-refractivity contribution in [2.45, 2.75) is 12.7 Å².